The summed E-state index contributed by atoms with van der Waals surface area (Å²) in [5.41, 5.74) is -0.389. The van der Waals surface area contributed by atoms with E-state index in [1.54, 1.807) is 16.3 Å². The van der Waals surface area contributed by atoms with Crippen LogP contribution in [0, 0.1) is 16.7 Å². The molecule has 1 rings (SSSR count). The molecule has 0 aliphatic rings. The second kappa shape index (κ2) is 6.80. The van der Waals surface area contributed by atoms with Gasteiger partial charge >= 0.3 is 5.69 Å². The number of aromatic amines is 1. The van der Waals surface area contributed by atoms with Crippen molar-refractivity contribution >= 4 is 11.8 Å². The quantitative estimate of drug-likeness (QED) is 0.616. The summed E-state index contributed by atoms with van der Waals surface area (Å²) in [6, 6.07) is 2.42. The van der Waals surface area contributed by atoms with E-state index in [1.165, 1.54) is 0 Å². The Labute approximate surface area is 118 Å². The lowest BCUT2D eigenvalue weighted by Crippen LogP contribution is -2.19. The van der Waals surface area contributed by atoms with E-state index in [1.807, 2.05) is 27.7 Å². The Morgan fingerprint density at radius 3 is 2.74 bits per heavy atom. The van der Waals surface area contributed by atoms with Gasteiger partial charge in [0, 0.05) is 11.8 Å². The first kappa shape index (κ1) is 15.8. The molecule has 0 bridgehead atoms. The van der Waals surface area contributed by atoms with E-state index in [-0.39, 0.29) is 17.1 Å². The molecule has 0 amide bonds. The Bertz CT molecular complexity index is 495. The molecule has 1 N–H and O–H groups in total. The van der Waals surface area contributed by atoms with Gasteiger partial charge in [0.05, 0.1) is 11.5 Å². The Kier molecular flexibility index (Phi) is 5.67. The third kappa shape index (κ3) is 4.75. The minimum absolute atomic E-state index is 0.117. The van der Waals surface area contributed by atoms with E-state index >= 15 is 0 Å². The summed E-state index contributed by atoms with van der Waals surface area (Å²) in [6.45, 7) is 7.86. The van der Waals surface area contributed by atoms with Crippen LogP contribution in [0.5, 0.6) is 0 Å². The molecular formula is C13H22N4OS. The summed E-state index contributed by atoms with van der Waals surface area (Å²) in [5.74, 6) is 0.915. The van der Waals surface area contributed by atoms with Crippen molar-refractivity contribution in [1.82, 2.24) is 14.8 Å². The van der Waals surface area contributed by atoms with Gasteiger partial charge in [0.15, 0.2) is 5.16 Å². The second-order valence-corrected chi connectivity index (χ2v) is 6.64. The molecule has 0 saturated carbocycles. The van der Waals surface area contributed by atoms with Gasteiger partial charge in [0.2, 0.25) is 0 Å². The first-order chi connectivity index (χ1) is 8.87. The van der Waals surface area contributed by atoms with Gasteiger partial charge in [-0.2, -0.15) is 5.26 Å². The molecule has 0 aromatic carbocycles. The highest BCUT2D eigenvalue weighted by Gasteiger charge is 2.16. The number of aromatic nitrogens is 3. The molecule has 0 aliphatic carbocycles. The van der Waals surface area contributed by atoms with Crippen LogP contribution in [-0.4, -0.2) is 20.5 Å². The molecule has 0 spiro atoms. The van der Waals surface area contributed by atoms with Gasteiger partial charge in [-0.3, -0.25) is 4.57 Å². The number of unbranched alkanes of at least 4 members (excludes halogenated alkanes) is 1. The molecule has 19 heavy (non-hydrogen) atoms. The van der Waals surface area contributed by atoms with Crippen LogP contribution in [0.1, 0.15) is 53.0 Å². The summed E-state index contributed by atoms with van der Waals surface area (Å²) in [5, 5.41) is 16.2. The lowest BCUT2D eigenvalue weighted by Gasteiger charge is -2.14. The molecule has 0 fully saturated rings. The average molecular weight is 282 g/mol. The molecule has 0 unspecified atom stereocenters. The SMILES string of the molecule is CC(C)n1c(SCCCCC(C)(C)C#N)n[nH]c1=O. The number of nitrogens with zero attached hydrogens (tertiary/aromatic N) is 3. The number of hydrogen-bond donors (Lipinski definition) is 1. The monoisotopic (exact) mass is 282 g/mol. The fraction of sp³-hybridized carbons (Fsp3) is 0.769. The molecule has 0 saturated heterocycles. The molecule has 1 aromatic heterocycles. The Hall–Kier alpha value is -1.22. The van der Waals surface area contributed by atoms with E-state index in [2.05, 4.69) is 16.3 Å². The van der Waals surface area contributed by atoms with E-state index < -0.39 is 0 Å². The standard InChI is InChI=1S/C13H22N4OS/c1-10(2)17-11(18)15-16-12(17)19-8-6-5-7-13(3,4)9-14/h10H,5-8H2,1-4H3,(H,15,18). The first-order valence-corrected chi connectivity index (χ1v) is 7.57. The minimum Gasteiger partial charge on any atom is -0.268 e. The van der Waals surface area contributed by atoms with Crippen LogP contribution in [0.25, 0.3) is 0 Å². The average Bonchev–Trinajstić information content (AvgIpc) is 2.70. The number of nitriles is 1. The Morgan fingerprint density at radius 1 is 1.47 bits per heavy atom. The van der Waals surface area contributed by atoms with Crippen LogP contribution in [-0.2, 0) is 0 Å². The summed E-state index contributed by atoms with van der Waals surface area (Å²) >= 11 is 1.59. The number of hydrogen-bond acceptors (Lipinski definition) is 4. The normalized spacial score (nSPS) is 11.8. The Morgan fingerprint density at radius 2 is 2.16 bits per heavy atom. The van der Waals surface area contributed by atoms with Crippen LogP contribution >= 0.6 is 11.8 Å². The highest BCUT2D eigenvalue weighted by atomic mass is 32.2. The fourth-order valence-electron chi connectivity index (χ4n) is 1.74. The van der Waals surface area contributed by atoms with Crippen molar-refractivity contribution in [2.45, 2.75) is 58.2 Å². The van der Waals surface area contributed by atoms with Gasteiger partial charge in [-0.15, -0.1) is 5.10 Å². The zero-order valence-corrected chi connectivity index (χ0v) is 12.9. The first-order valence-electron chi connectivity index (χ1n) is 6.58. The molecule has 106 valence electrons. The van der Waals surface area contributed by atoms with Crippen molar-refractivity contribution in [3.63, 3.8) is 0 Å². The summed E-state index contributed by atoms with van der Waals surface area (Å²) in [6.07, 6.45) is 2.94. The van der Waals surface area contributed by atoms with Gasteiger partial charge in [-0.05, 0) is 40.5 Å². The summed E-state index contributed by atoms with van der Waals surface area (Å²) in [4.78, 5) is 11.5. The van der Waals surface area contributed by atoms with Crippen molar-refractivity contribution in [3.8, 4) is 6.07 Å². The number of nitrogens with one attached hydrogen (secondary N) is 1. The van der Waals surface area contributed by atoms with Crippen LogP contribution in [0.15, 0.2) is 9.95 Å². The maximum atomic E-state index is 11.5. The highest BCUT2D eigenvalue weighted by Crippen LogP contribution is 2.24. The van der Waals surface area contributed by atoms with Crippen molar-refractivity contribution in [2.75, 3.05) is 5.75 Å². The maximum Gasteiger partial charge on any atom is 0.344 e. The predicted molar refractivity (Wildman–Crippen MR) is 77.2 cm³/mol. The third-order valence-corrected chi connectivity index (χ3v) is 3.96. The third-order valence-electron chi connectivity index (χ3n) is 2.92. The van der Waals surface area contributed by atoms with Crippen molar-refractivity contribution in [2.24, 2.45) is 5.41 Å². The minimum atomic E-state index is -0.239. The lowest BCUT2D eigenvalue weighted by atomic mass is 9.89. The van der Waals surface area contributed by atoms with E-state index in [0.29, 0.717) is 0 Å². The zero-order chi connectivity index (χ0) is 14.5. The maximum absolute atomic E-state index is 11.5. The molecule has 0 atom stereocenters. The van der Waals surface area contributed by atoms with E-state index in [0.717, 1.165) is 30.2 Å². The number of H-pyrrole nitrogens is 1. The van der Waals surface area contributed by atoms with Crippen molar-refractivity contribution in [3.05, 3.63) is 10.5 Å². The van der Waals surface area contributed by atoms with Gasteiger partial charge in [-0.25, -0.2) is 9.89 Å². The van der Waals surface area contributed by atoms with Gasteiger partial charge in [0.1, 0.15) is 0 Å². The van der Waals surface area contributed by atoms with Crippen LogP contribution in [0.4, 0.5) is 0 Å². The van der Waals surface area contributed by atoms with Gasteiger partial charge in [-0.1, -0.05) is 18.2 Å². The molecule has 1 aromatic rings. The summed E-state index contributed by atoms with van der Waals surface area (Å²) in [7, 11) is 0. The number of rotatable bonds is 7. The Balaban J connectivity index is 2.39. The molecular weight excluding hydrogens is 260 g/mol. The van der Waals surface area contributed by atoms with Crippen molar-refractivity contribution < 1.29 is 0 Å². The predicted octanol–water partition coefficient (Wildman–Crippen LogP) is 2.96. The number of thioether (sulfide) groups is 1. The van der Waals surface area contributed by atoms with Gasteiger partial charge < -0.3 is 0 Å². The van der Waals surface area contributed by atoms with Crippen LogP contribution in [0.2, 0.25) is 0 Å². The smallest absolute Gasteiger partial charge is 0.268 e. The van der Waals surface area contributed by atoms with E-state index in [4.69, 9.17) is 5.26 Å². The lowest BCUT2D eigenvalue weighted by molar-refractivity contribution is 0.433. The van der Waals surface area contributed by atoms with Crippen LogP contribution < -0.4 is 5.69 Å². The fourth-order valence-corrected chi connectivity index (χ4v) is 2.81. The van der Waals surface area contributed by atoms with Crippen LogP contribution in [0.3, 0.4) is 0 Å². The summed E-state index contributed by atoms with van der Waals surface area (Å²) < 4.78 is 1.67. The second-order valence-electron chi connectivity index (χ2n) is 5.58. The molecule has 6 heteroatoms. The highest BCUT2D eigenvalue weighted by molar-refractivity contribution is 7.99. The molecule has 5 nitrogen and oxygen atoms in total. The van der Waals surface area contributed by atoms with Gasteiger partial charge in [0.25, 0.3) is 0 Å². The van der Waals surface area contributed by atoms with E-state index in [9.17, 15) is 4.79 Å². The zero-order valence-electron chi connectivity index (χ0n) is 12.1. The van der Waals surface area contributed by atoms with Crippen molar-refractivity contribution in [1.29, 1.82) is 5.26 Å². The largest absolute Gasteiger partial charge is 0.344 e. The molecule has 1 heterocycles. The molecule has 0 radical (unpaired) electrons. The molecule has 0 aliphatic heterocycles. The topological polar surface area (TPSA) is 74.5 Å².